The van der Waals surface area contributed by atoms with E-state index in [0.717, 1.165) is 30.4 Å². The first-order valence-corrected chi connectivity index (χ1v) is 8.84. The highest BCUT2D eigenvalue weighted by Gasteiger charge is 2.37. The molecule has 0 amide bonds. The van der Waals surface area contributed by atoms with Crippen LogP contribution in [0.2, 0.25) is 0 Å². The average molecular weight is 320 g/mol. The monoisotopic (exact) mass is 320 g/mol. The molecule has 1 aliphatic rings. The van der Waals surface area contributed by atoms with Crippen LogP contribution < -0.4 is 0 Å². The number of hydrogen-bond acceptors (Lipinski definition) is 2. The van der Waals surface area contributed by atoms with Gasteiger partial charge >= 0.3 is 0 Å². The predicted molar refractivity (Wildman–Crippen MR) is 96.2 cm³/mol. The molecular formula is C22H24O2. The maximum atomic E-state index is 13.0. The summed E-state index contributed by atoms with van der Waals surface area (Å²) in [6.45, 7) is 2.16. The van der Waals surface area contributed by atoms with Crippen LogP contribution in [0.1, 0.15) is 53.3 Å². The molecule has 3 unspecified atom stereocenters. The fourth-order valence-corrected chi connectivity index (χ4v) is 4.00. The molecule has 0 radical (unpaired) electrons. The number of carbonyl (C=O) groups is 2. The van der Waals surface area contributed by atoms with E-state index in [4.69, 9.17) is 0 Å². The SMILES string of the molecule is CC1CCCC(CC(=O)c2ccccc2)C1C(=O)c1ccccc1. The Morgan fingerprint density at radius 1 is 0.875 bits per heavy atom. The number of carbonyl (C=O) groups excluding carboxylic acids is 2. The number of ketones is 2. The molecule has 1 fully saturated rings. The highest BCUT2D eigenvalue weighted by molar-refractivity contribution is 6.00. The van der Waals surface area contributed by atoms with Crippen LogP contribution in [0.3, 0.4) is 0 Å². The van der Waals surface area contributed by atoms with Crippen LogP contribution in [-0.2, 0) is 0 Å². The molecule has 3 rings (SSSR count). The highest BCUT2D eigenvalue weighted by Crippen LogP contribution is 2.39. The largest absolute Gasteiger partial charge is 0.294 e. The molecule has 0 aliphatic heterocycles. The summed E-state index contributed by atoms with van der Waals surface area (Å²) in [5, 5.41) is 0. The molecule has 0 saturated heterocycles. The molecule has 2 aromatic rings. The van der Waals surface area contributed by atoms with Gasteiger partial charge in [0.05, 0.1) is 0 Å². The van der Waals surface area contributed by atoms with Crippen molar-refractivity contribution in [1.82, 2.24) is 0 Å². The molecule has 1 saturated carbocycles. The molecule has 0 heterocycles. The fourth-order valence-electron chi connectivity index (χ4n) is 4.00. The number of Topliss-reactive ketones (excluding diaryl/α,β-unsaturated/α-hetero) is 2. The van der Waals surface area contributed by atoms with Gasteiger partial charge in [-0.25, -0.2) is 0 Å². The second-order valence-electron chi connectivity index (χ2n) is 6.92. The van der Waals surface area contributed by atoms with Gasteiger partial charge in [0.1, 0.15) is 0 Å². The van der Waals surface area contributed by atoms with Gasteiger partial charge in [0, 0.05) is 23.5 Å². The summed E-state index contributed by atoms with van der Waals surface area (Å²) >= 11 is 0. The van der Waals surface area contributed by atoms with Crippen molar-refractivity contribution in [3.05, 3.63) is 71.8 Å². The second kappa shape index (κ2) is 7.57. The van der Waals surface area contributed by atoms with Crippen molar-refractivity contribution in [2.45, 2.75) is 32.6 Å². The summed E-state index contributed by atoms with van der Waals surface area (Å²) in [6, 6.07) is 19.0. The van der Waals surface area contributed by atoms with Crippen molar-refractivity contribution < 1.29 is 9.59 Å². The van der Waals surface area contributed by atoms with Gasteiger partial charge in [0.15, 0.2) is 11.6 Å². The van der Waals surface area contributed by atoms with Crippen molar-refractivity contribution in [3.8, 4) is 0 Å². The van der Waals surface area contributed by atoms with Gasteiger partial charge in [-0.3, -0.25) is 9.59 Å². The van der Waals surface area contributed by atoms with Crippen molar-refractivity contribution in [3.63, 3.8) is 0 Å². The van der Waals surface area contributed by atoms with Gasteiger partial charge in [-0.15, -0.1) is 0 Å². The molecule has 0 spiro atoms. The summed E-state index contributed by atoms with van der Waals surface area (Å²) in [7, 11) is 0. The Morgan fingerprint density at radius 3 is 2.08 bits per heavy atom. The van der Waals surface area contributed by atoms with Crippen molar-refractivity contribution >= 4 is 11.6 Å². The Labute approximate surface area is 143 Å². The molecule has 1 aliphatic carbocycles. The fraction of sp³-hybridized carbons (Fsp3) is 0.364. The molecule has 0 aromatic heterocycles. The zero-order valence-electron chi connectivity index (χ0n) is 14.2. The van der Waals surface area contributed by atoms with E-state index in [2.05, 4.69) is 6.92 Å². The van der Waals surface area contributed by atoms with E-state index in [1.807, 2.05) is 60.7 Å². The maximum absolute atomic E-state index is 13.0. The van der Waals surface area contributed by atoms with Gasteiger partial charge in [-0.1, -0.05) is 74.0 Å². The standard InChI is InChI=1S/C22H24O2/c1-16-9-8-14-19(15-20(23)17-10-4-2-5-11-17)21(16)22(24)18-12-6-3-7-13-18/h2-7,10-13,16,19,21H,8-9,14-15H2,1H3. The van der Waals surface area contributed by atoms with Crippen LogP contribution in [0.4, 0.5) is 0 Å². The van der Waals surface area contributed by atoms with E-state index in [0.29, 0.717) is 12.3 Å². The minimum Gasteiger partial charge on any atom is -0.294 e. The third-order valence-electron chi connectivity index (χ3n) is 5.26. The third-order valence-corrected chi connectivity index (χ3v) is 5.26. The van der Waals surface area contributed by atoms with Crippen LogP contribution in [0.15, 0.2) is 60.7 Å². The van der Waals surface area contributed by atoms with Crippen LogP contribution >= 0.6 is 0 Å². The molecular weight excluding hydrogens is 296 g/mol. The molecule has 0 bridgehead atoms. The molecule has 24 heavy (non-hydrogen) atoms. The first kappa shape index (κ1) is 16.6. The average Bonchev–Trinajstić information content (AvgIpc) is 2.63. The Morgan fingerprint density at radius 2 is 1.46 bits per heavy atom. The lowest BCUT2D eigenvalue weighted by molar-refractivity contribution is 0.0697. The number of hydrogen-bond donors (Lipinski definition) is 0. The van der Waals surface area contributed by atoms with Crippen LogP contribution in [0.25, 0.3) is 0 Å². The van der Waals surface area contributed by atoms with E-state index in [-0.39, 0.29) is 23.4 Å². The molecule has 2 aromatic carbocycles. The minimum absolute atomic E-state index is 0.0474. The second-order valence-corrected chi connectivity index (χ2v) is 6.92. The summed E-state index contributed by atoms with van der Waals surface area (Å²) in [6.07, 6.45) is 3.61. The number of benzene rings is 2. The zero-order chi connectivity index (χ0) is 16.9. The van der Waals surface area contributed by atoms with E-state index in [1.165, 1.54) is 0 Å². The van der Waals surface area contributed by atoms with Gasteiger partial charge in [0.25, 0.3) is 0 Å². The lowest BCUT2D eigenvalue weighted by Gasteiger charge is -2.35. The smallest absolute Gasteiger partial charge is 0.166 e. The Hall–Kier alpha value is -2.22. The Balaban J connectivity index is 1.80. The quantitative estimate of drug-likeness (QED) is 0.710. The predicted octanol–water partition coefficient (Wildman–Crippen LogP) is 5.19. The van der Waals surface area contributed by atoms with Gasteiger partial charge in [-0.2, -0.15) is 0 Å². The maximum Gasteiger partial charge on any atom is 0.166 e. The summed E-state index contributed by atoms with van der Waals surface area (Å²) in [5.41, 5.74) is 1.52. The zero-order valence-corrected chi connectivity index (χ0v) is 14.2. The van der Waals surface area contributed by atoms with Gasteiger partial charge < -0.3 is 0 Å². The van der Waals surface area contributed by atoms with Crippen LogP contribution in [0.5, 0.6) is 0 Å². The van der Waals surface area contributed by atoms with Crippen LogP contribution in [-0.4, -0.2) is 11.6 Å². The topological polar surface area (TPSA) is 34.1 Å². The van der Waals surface area contributed by atoms with Crippen molar-refractivity contribution in [2.75, 3.05) is 0 Å². The lowest BCUT2D eigenvalue weighted by Crippen LogP contribution is -2.34. The number of rotatable bonds is 5. The van der Waals surface area contributed by atoms with Crippen molar-refractivity contribution in [1.29, 1.82) is 0 Å². The molecule has 3 atom stereocenters. The molecule has 2 heteroatoms. The first-order valence-electron chi connectivity index (χ1n) is 8.84. The van der Waals surface area contributed by atoms with E-state index in [1.54, 1.807) is 0 Å². The molecule has 2 nitrogen and oxygen atoms in total. The Kier molecular flexibility index (Phi) is 5.24. The molecule has 0 N–H and O–H groups in total. The summed E-state index contributed by atoms with van der Waals surface area (Å²) < 4.78 is 0. The summed E-state index contributed by atoms with van der Waals surface area (Å²) in [5.74, 6) is 0.789. The lowest BCUT2D eigenvalue weighted by atomic mass is 9.68. The van der Waals surface area contributed by atoms with Gasteiger partial charge in [0.2, 0.25) is 0 Å². The Bertz CT molecular complexity index is 690. The normalized spacial score (nSPS) is 23.6. The highest BCUT2D eigenvalue weighted by atomic mass is 16.1. The van der Waals surface area contributed by atoms with Crippen LogP contribution in [0, 0.1) is 17.8 Å². The first-order chi connectivity index (χ1) is 11.7. The van der Waals surface area contributed by atoms with Gasteiger partial charge in [-0.05, 0) is 24.7 Å². The minimum atomic E-state index is -0.0474. The van der Waals surface area contributed by atoms with E-state index in [9.17, 15) is 9.59 Å². The van der Waals surface area contributed by atoms with E-state index < -0.39 is 0 Å². The third kappa shape index (κ3) is 3.64. The summed E-state index contributed by atoms with van der Waals surface area (Å²) in [4.78, 5) is 25.6. The van der Waals surface area contributed by atoms with Crippen molar-refractivity contribution in [2.24, 2.45) is 17.8 Å². The molecule has 124 valence electrons. The van der Waals surface area contributed by atoms with E-state index >= 15 is 0 Å².